The first kappa shape index (κ1) is 24.2. The third-order valence-electron chi connectivity index (χ3n) is 7.16. The topological polar surface area (TPSA) is 109 Å². The zero-order valence-electron chi connectivity index (χ0n) is 20.9. The Labute approximate surface area is 209 Å². The number of aromatic nitrogens is 3. The van der Waals surface area contributed by atoms with Crippen molar-refractivity contribution < 1.29 is 18.7 Å². The summed E-state index contributed by atoms with van der Waals surface area (Å²) in [5.41, 5.74) is 4.06. The van der Waals surface area contributed by atoms with Gasteiger partial charge in [-0.25, -0.2) is 14.4 Å². The molecule has 0 saturated heterocycles. The second-order valence-electron chi connectivity index (χ2n) is 10.1. The summed E-state index contributed by atoms with van der Waals surface area (Å²) in [4.78, 5) is 36.9. The number of ether oxygens (including phenoxy) is 1. The first-order valence-electron chi connectivity index (χ1n) is 12.6. The van der Waals surface area contributed by atoms with E-state index in [0.29, 0.717) is 57.4 Å². The fourth-order valence-corrected chi connectivity index (χ4v) is 4.99. The second-order valence-corrected chi connectivity index (χ2v) is 10.1. The van der Waals surface area contributed by atoms with Crippen LogP contribution in [0.2, 0.25) is 0 Å². The molecule has 5 rings (SSSR count). The van der Waals surface area contributed by atoms with Gasteiger partial charge < -0.3 is 20.4 Å². The number of amides is 2. The van der Waals surface area contributed by atoms with Crippen molar-refractivity contribution in [3.05, 3.63) is 41.1 Å². The maximum absolute atomic E-state index is 14.4. The normalized spacial score (nSPS) is 19.8. The predicted molar refractivity (Wildman–Crippen MR) is 134 cm³/mol. The molecule has 0 atom stereocenters. The molecule has 190 valence electrons. The lowest BCUT2D eigenvalue weighted by atomic mass is 9.91. The number of rotatable bonds is 7. The van der Waals surface area contributed by atoms with Crippen molar-refractivity contribution in [3.8, 4) is 17.0 Å². The number of nitrogens with one attached hydrogen (secondary N) is 3. The summed E-state index contributed by atoms with van der Waals surface area (Å²) in [7, 11) is 0. The van der Waals surface area contributed by atoms with E-state index in [-0.39, 0.29) is 29.7 Å². The number of carbonyl (C=O) groups excluding carboxylic acids is 2. The van der Waals surface area contributed by atoms with Crippen LogP contribution in [0.5, 0.6) is 5.75 Å². The maximum atomic E-state index is 14.4. The van der Waals surface area contributed by atoms with Crippen LogP contribution in [-0.2, 0) is 4.79 Å². The van der Waals surface area contributed by atoms with Crippen LogP contribution in [0.4, 0.5) is 4.39 Å². The Kier molecular flexibility index (Phi) is 6.64. The van der Waals surface area contributed by atoms with Gasteiger partial charge in [-0.3, -0.25) is 9.59 Å². The lowest BCUT2D eigenvalue weighted by molar-refractivity contribution is -0.119. The van der Waals surface area contributed by atoms with Crippen LogP contribution in [0.1, 0.15) is 67.1 Å². The molecule has 2 amide bonds. The zero-order chi connectivity index (χ0) is 25.4. The molecule has 9 heteroatoms. The van der Waals surface area contributed by atoms with Gasteiger partial charge in [0, 0.05) is 36.3 Å². The van der Waals surface area contributed by atoms with E-state index in [4.69, 9.17) is 4.74 Å². The molecular formula is C27H32FN5O3. The predicted octanol–water partition coefficient (Wildman–Crippen LogP) is 4.35. The molecule has 0 unspecified atom stereocenters. The minimum atomic E-state index is -0.328. The van der Waals surface area contributed by atoms with Gasteiger partial charge in [0.25, 0.3) is 5.91 Å². The first-order chi connectivity index (χ1) is 17.3. The van der Waals surface area contributed by atoms with Crippen LogP contribution < -0.4 is 15.4 Å². The summed E-state index contributed by atoms with van der Waals surface area (Å²) < 4.78 is 20.4. The number of fused-ring (bicyclic) bond motifs is 1. The van der Waals surface area contributed by atoms with E-state index in [0.717, 1.165) is 38.5 Å². The average molecular weight is 494 g/mol. The first-order valence-corrected chi connectivity index (χ1v) is 12.6. The van der Waals surface area contributed by atoms with Gasteiger partial charge in [-0.05, 0) is 69.9 Å². The Hall–Kier alpha value is -3.49. The van der Waals surface area contributed by atoms with Gasteiger partial charge in [0.1, 0.15) is 29.1 Å². The minimum Gasteiger partial charge on any atom is -0.492 e. The summed E-state index contributed by atoms with van der Waals surface area (Å²) in [5, 5.41) is 6.11. The monoisotopic (exact) mass is 493 g/mol. The van der Waals surface area contributed by atoms with Crippen molar-refractivity contribution in [1.82, 2.24) is 25.6 Å². The van der Waals surface area contributed by atoms with Crippen LogP contribution >= 0.6 is 0 Å². The summed E-state index contributed by atoms with van der Waals surface area (Å²) in [5.74, 6) is 0.422. The highest BCUT2D eigenvalue weighted by Crippen LogP contribution is 2.37. The van der Waals surface area contributed by atoms with E-state index in [2.05, 4.69) is 25.6 Å². The molecule has 2 fully saturated rings. The second kappa shape index (κ2) is 9.87. The van der Waals surface area contributed by atoms with Crippen LogP contribution in [-0.4, -0.2) is 45.5 Å². The number of aromatic amines is 1. The molecule has 0 spiro atoms. The van der Waals surface area contributed by atoms with Gasteiger partial charge >= 0.3 is 0 Å². The molecule has 8 nitrogen and oxygen atoms in total. The van der Waals surface area contributed by atoms with E-state index in [9.17, 15) is 14.0 Å². The van der Waals surface area contributed by atoms with Gasteiger partial charge in [-0.1, -0.05) is 0 Å². The van der Waals surface area contributed by atoms with E-state index < -0.39 is 0 Å². The molecular weight excluding hydrogens is 461 g/mol. The van der Waals surface area contributed by atoms with Gasteiger partial charge in [0.2, 0.25) is 5.91 Å². The molecule has 2 heterocycles. The number of aryl methyl sites for hydroxylation is 2. The summed E-state index contributed by atoms with van der Waals surface area (Å²) >= 11 is 0. The molecule has 2 saturated carbocycles. The van der Waals surface area contributed by atoms with Gasteiger partial charge in [-0.2, -0.15) is 0 Å². The highest BCUT2D eigenvalue weighted by Gasteiger charge is 2.27. The van der Waals surface area contributed by atoms with Crippen LogP contribution in [0.3, 0.4) is 0 Å². The summed E-state index contributed by atoms with van der Waals surface area (Å²) in [6, 6.07) is 3.36. The Balaban J connectivity index is 1.42. The molecule has 3 N–H and O–H groups in total. The number of benzene rings is 1. The van der Waals surface area contributed by atoms with Crippen molar-refractivity contribution >= 4 is 22.8 Å². The number of halogens is 1. The largest absolute Gasteiger partial charge is 0.492 e. The smallest absolute Gasteiger partial charge is 0.255 e. The van der Waals surface area contributed by atoms with Crippen LogP contribution in [0.15, 0.2) is 18.5 Å². The highest BCUT2D eigenvalue weighted by atomic mass is 19.1. The number of hydrogen-bond acceptors (Lipinski definition) is 5. The number of carbonyl (C=O) groups is 2. The van der Waals surface area contributed by atoms with Crippen molar-refractivity contribution in [2.45, 2.75) is 71.4 Å². The maximum Gasteiger partial charge on any atom is 0.255 e. The zero-order valence-corrected chi connectivity index (χ0v) is 20.9. The van der Waals surface area contributed by atoms with E-state index >= 15 is 0 Å². The van der Waals surface area contributed by atoms with Crippen LogP contribution in [0.25, 0.3) is 22.3 Å². The molecule has 2 aliphatic rings. The van der Waals surface area contributed by atoms with Gasteiger partial charge in [0.05, 0.1) is 17.7 Å². The Morgan fingerprint density at radius 3 is 2.42 bits per heavy atom. The summed E-state index contributed by atoms with van der Waals surface area (Å²) in [6.45, 7) is 5.63. The Morgan fingerprint density at radius 1 is 1.06 bits per heavy atom. The van der Waals surface area contributed by atoms with E-state index in [1.54, 1.807) is 13.0 Å². The molecule has 0 radical (unpaired) electrons. The molecule has 0 aliphatic heterocycles. The minimum absolute atomic E-state index is 0.0233. The van der Waals surface area contributed by atoms with E-state index in [1.165, 1.54) is 19.3 Å². The van der Waals surface area contributed by atoms with Crippen LogP contribution in [0, 0.1) is 25.6 Å². The Bertz CT molecular complexity index is 1310. The van der Waals surface area contributed by atoms with Gasteiger partial charge in [-0.15, -0.1) is 0 Å². The molecule has 0 bridgehead atoms. The molecule has 3 aromatic rings. The standard InChI is InChI=1S/C27H32FN5O3/c1-14-10-20(22(11-21(14)28)36-12-17-4-5-17)24-26-25(30-13-29-24)23(15(2)31-26)27(35)33-19-8-6-18(7-9-19)32-16(3)34/h10-11,13,17-19,31H,4-9,12H2,1-3H3,(H,32,34)(H,33,35)/t18-,19-. The fraction of sp³-hybridized carbons (Fsp3) is 0.481. The van der Waals surface area contributed by atoms with Crippen molar-refractivity contribution in [2.24, 2.45) is 5.92 Å². The molecule has 1 aromatic carbocycles. The van der Waals surface area contributed by atoms with Crippen molar-refractivity contribution in [3.63, 3.8) is 0 Å². The van der Waals surface area contributed by atoms with Crippen molar-refractivity contribution in [2.75, 3.05) is 6.61 Å². The number of hydrogen-bond donors (Lipinski definition) is 3. The quantitative estimate of drug-likeness (QED) is 0.454. The third kappa shape index (κ3) is 5.05. The molecule has 2 aliphatic carbocycles. The molecule has 2 aromatic heterocycles. The van der Waals surface area contributed by atoms with Gasteiger partial charge in [0.15, 0.2) is 0 Å². The number of H-pyrrole nitrogens is 1. The average Bonchev–Trinajstić information content (AvgIpc) is 3.60. The summed E-state index contributed by atoms with van der Waals surface area (Å²) in [6.07, 6.45) is 6.96. The molecule has 36 heavy (non-hydrogen) atoms. The lowest BCUT2D eigenvalue weighted by Gasteiger charge is -2.29. The SMILES string of the molecule is CC(=O)N[C@H]1CC[C@H](NC(=O)c2c(C)[nH]c3c(-c4cc(C)c(F)cc4OCC4CC4)ncnc23)CC1. The number of nitrogens with zero attached hydrogens (tertiary/aromatic N) is 2. The third-order valence-corrected chi connectivity index (χ3v) is 7.16. The Morgan fingerprint density at radius 2 is 1.75 bits per heavy atom. The van der Waals surface area contributed by atoms with E-state index in [1.807, 2.05) is 6.92 Å². The lowest BCUT2D eigenvalue weighted by Crippen LogP contribution is -2.43. The fourth-order valence-electron chi connectivity index (χ4n) is 4.99. The highest BCUT2D eigenvalue weighted by molar-refractivity contribution is 6.09. The van der Waals surface area contributed by atoms with Crippen molar-refractivity contribution in [1.29, 1.82) is 0 Å².